The molecule has 21 heavy (non-hydrogen) atoms. The minimum Gasteiger partial charge on any atom is -0.461 e. The monoisotopic (exact) mass is 285 g/mol. The Kier molecular flexibility index (Phi) is 4.64. The standard InChI is InChI=1S/C19H27NO/c1-3-18-17(16-11-7-8-12-19(16)21-18)13-20-14(2)15-9-5-4-6-10-15/h7-8,11-12,14-15,20H,3-6,9-10,13H2,1-2H3/t14-/m1/s1. The second-order valence-electron chi connectivity index (χ2n) is 6.42. The first-order chi connectivity index (χ1) is 10.3. The van der Waals surface area contributed by atoms with Gasteiger partial charge in [-0.3, -0.25) is 0 Å². The SMILES string of the molecule is CCc1oc2ccccc2c1CN[C@H](C)C1CCCCC1. The van der Waals surface area contributed by atoms with Gasteiger partial charge in [0, 0.05) is 30.0 Å². The summed E-state index contributed by atoms with van der Waals surface area (Å²) in [6.45, 7) is 5.45. The van der Waals surface area contributed by atoms with Gasteiger partial charge < -0.3 is 9.73 Å². The molecular formula is C19H27NO. The van der Waals surface area contributed by atoms with E-state index in [9.17, 15) is 0 Å². The maximum absolute atomic E-state index is 5.99. The Morgan fingerprint density at radius 3 is 2.71 bits per heavy atom. The normalized spacial score (nSPS) is 18.2. The Bertz CT molecular complexity index is 580. The van der Waals surface area contributed by atoms with Gasteiger partial charge in [0.1, 0.15) is 11.3 Å². The highest BCUT2D eigenvalue weighted by molar-refractivity contribution is 5.82. The van der Waals surface area contributed by atoms with Gasteiger partial charge in [0.15, 0.2) is 0 Å². The molecule has 1 aromatic carbocycles. The van der Waals surface area contributed by atoms with Crippen molar-refractivity contribution < 1.29 is 4.42 Å². The van der Waals surface area contributed by atoms with E-state index in [-0.39, 0.29) is 0 Å². The van der Waals surface area contributed by atoms with Crippen molar-refractivity contribution in [3.63, 3.8) is 0 Å². The number of para-hydroxylation sites is 1. The molecule has 2 heteroatoms. The van der Waals surface area contributed by atoms with Crippen LogP contribution in [0.4, 0.5) is 0 Å². The average molecular weight is 285 g/mol. The molecule has 0 radical (unpaired) electrons. The van der Waals surface area contributed by atoms with E-state index in [4.69, 9.17) is 4.42 Å². The third-order valence-electron chi connectivity index (χ3n) is 5.06. The summed E-state index contributed by atoms with van der Waals surface area (Å²) in [4.78, 5) is 0. The Balaban J connectivity index is 1.72. The van der Waals surface area contributed by atoms with Crippen LogP contribution in [-0.2, 0) is 13.0 Å². The molecule has 1 saturated carbocycles. The smallest absolute Gasteiger partial charge is 0.134 e. The number of hydrogen-bond donors (Lipinski definition) is 1. The van der Waals surface area contributed by atoms with Crippen molar-refractivity contribution in [2.45, 2.75) is 65.0 Å². The minimum atomic E-state index is 0.601. The lowest BCUT2D eigenvalue weighted by molar-refractivity contribution is 0.280. The molecule has 1 fully saturated rings. The number of aryl methyl sites for hydroxylation is 1. The molecule has 1 aliphatic carbocycles. The highest BCUT2D eigenvalue weighted by atomic mass is 16.3. The summed E-state index contributed by atoms with van der Waals surface area (Å²) in [7, 11) is 0. The lowest BCUT2D eigenvalue weighted by atomic mass is 9.84. The predicted molar refractivity (Wildman–Crippen MR) is 88.5 cm³/mol. The molecule has 2 nitrogen and oxygen atoms in total. The molecule has 1 heterocycles. The molecule has 1 aromatic heterocycles. The molecule has 0 bridgehead atoms. The van der Waals surface area contributed by atoms with Crippen LogP contribution < -0.4 is 5.32 Å². The molecule has 1 N–H and O–H groups in total. The fourth-order valence-electron chi connectivity index (χ4n) is 3.69. The predicted octanol–water partition coefficient (Wildman–Crippen LogP) is 5.05. The van der Waals surface area contributed by atoms with Crippen LogP contribution in [-0.4, -0.2) is 6.04 Å². The highest BCUT2D eigenvalue weighted by Crippen LogP contribution is 2.28. The number of hydrogen-bond acceptors (Lipinski definition) is 2. The maximum Gasteiger partial charge on any atom is 0.134 e. The van der Waals surface area contributed by atoms with Crippen LogP contribution in [0.25, 0.3) is 11.0 Å². The van der Waals surface area contributed by atoms with Crippen molar-refractivity contribution >= 4 is 11.0 Å². The molecule has 0 aliphatic heterocycles. The fourth-order valence-corrected chi connectivity index (χ4v) is 3.69. The van der Waals surface area contributed by atoms with Crippen LogP contribution >= 0.6 is 0 Å². The van der Waals surface area contributed by atoms with Gasteiger partial charge in [0.2, 0.25) is 0 Å². The molecule has 0 amide bonds. The average Bonchev–Trinajstić information content (AvgIpc) is 2.91. The van der Waals surface area contributed by atoms with E-state index >= 15 is 0 Å². The zero-order chi connectivity index (χ0) is 14.7. The molecule has 1 aliphatic rings. The summed E-state index contributed by atoms with van der Waals surface area (Å²) < 4.78 is 5.99. The molecule has 0 unspecified atom stereocenters. The Morgan fingerprint density at radius 2 is 1.95 bits per heavy atom. The zero-order valence-corrected chi connectivity index (χ0v) is 13.3. The van der Waals surface area contributed by atoms with E-state index in [1.807, 2.05) is 6.07 Å². The summed E-state index contributed by atoms with van der Waals surface area (Å²) in [6, 6.07) is 9.00. The quantitative estimate of drug-likeness (QED) is 0.831. The lowest BCUT2D eigenvalue weighted by Gasteiger charge is -2.28. The number of nitrogens with one attached hydrogen (secondary N) is 1. The van der Waals surface area contributed by atoms with Crippen LogP contribution in [0.1, 0.15) is 57.3 Å². The van der Waals surface area contributed by atoms with E-state index in [0.29, 0.717) is 6.04 Å². The van der Waals surface area contributed by atoms with Gasteiger partial charge in [-0.1, -0.05) is 44.4 Å². The molecule has 2 aromatic rings. The summed E-state index contributed by atoms with van der Waals surface area (Å²) in [5.41, 5.74) is 2.38. The van der Waals surface area contributed by atoms with Gasteiger partial charge in [-0.25, -0.2) is 0 Å². The van der Waals surface area contributed by atoms with Crippen LogP contribution in [0.3, 0.4) is 0 Å². The third-order valence-corrected chi connectivity index (χ3v) is 5.06. The van der Waals surface area contributed by atoms with Gasteiger partial charge in [-0.15, -0.1) is 0 Å². The Hall–Kier alpha value is -1.28. The van der Waals surface area contributed by atoms with Crippen molar-refractivity contribution in [2.75, 3.05) is 0 Å². The highest BCUT2D eigenvalue weighted by Gasteiger charge is 2.20. The Labute approximate surface area is 127 Å². The summed E-state index contributed by atoms with van der Waals surface area (Å²) >= 11 is 0. The van der Waals surface area contributed by atoms with Crippen LogP contribution in [0.2, 0.25) is 0 Å². The second-order valence-corrected chi connectivity index (χ2v) is 6.42. The molecular weight excluding hydrogens is 258 g/mol. The zero-order valence-electron chi connectivity index (χ0n) is 13.3. The van der Waals surface area contributed by atoms with E-state index in [1.54, 1.807) is 0 Å². The van der Waals surface area contributed by atoms with Crippen LogP contribution in [0, 0.1) is 5.92 Å². The van der Waals surface area contributed by atoms with Gasteiger partial charge in [0.25, 0.3) is 0 Å². The summed E-state index contributed by atoms with van der Waals surface area (Å²) in [5, 5.41) is 5.04. The van der Waals surface area contributed by atoms with Crippen molar-refractivity contribution in [3.05, 3.63) is 35.6 Å². The molecule has 114 valence electrons. The van der Waals surface area contributed by atoms with Crippen LogP contribution in [0.5, 0.6) is 0 Å². The molecule has 0 saturated heterocycles. The topological polar surface area (TPSA) is 25.2 Å². The second kappa shape index (κ2) is 6.65. The summed E-state index contributed by atoms with van der Waals surface area (Å²) in [6.07, 6.45) is 7.98. The number of rotatable bonds is 5. The first kappa shape index (κ1) is 14.6. The van der Waals surface area contributed by atoms with Crippen LogP contribution in [0.15, 0.2) is 28.7 Å². The minimum absolute atomic E-state index is 0.601. The first-order valence-corrected chi connectivity index (χ1v) is 8.52. The fraction of sp³-hybridized carbons (Fsp3) is 0.579. The Morgan fingerprint density at radius 1 is 1.19 bits per heavy atom. The van der Waals surface area contributed by atoms with Crippen molar-refractivity contribution in [1.29, 1.82) is 0 Å². The summed E-state index contributed by atoms with van der Waals surface area (Å²) in [5.74, 6) is 1.99. The molecule has 1 atom stereocenters. The van der Waals surface area contributed by atoms with Crippen molar-refractivity contribution in [3.8, 4) is 0 Å². The molecule has 0 spiro atoms. The van der Waals surface area contributed by atoms with E-state index in [2.05, 4.69) is 37.4 Å². The van der Waals surface area contributed by atoms with E-state index < -0.39 is 0 Å². The van der Waals surface area contributed by atoms with Gasteiger partial charge in [-0.2, -0.15) is 0 Å². The van der Waals surface area contributed by atoms with Gasteiger partial charge in [-0.05, 0) is 31.7 Å². The van der Waals surface area contributed by atoms with Crippen molar-refractivity contribution in [2.24, 2.45) is 5.92 Å². The first-order valence-electron chi connectivity index (χ1n) is 8.52. The van der Waals surface area contributed by atoms with E-state index in [1.165, 1.54) is 43.1 Å². The maximum atomic E-state index is 5.99. The van der Waals surface area contributed by atoms with E-state index in [0.717, 1.165) is 30.2 Å². The number of furan rings is 1. The van der Waals surface area contributed by atoms with Crippen molar-refractivity contribution in [1.82, 2.24) is 5.32 Å². The largest absolute Gasteiger partial charge is 0.461 e. The molecule has 3 rings (SSSR count). The number of fused-ring (bicyclic) bond motifs is 1. The third kappa shape index (κ3) is 3.16. The lowest BCUT2D eigenvalue weighted by Crippen LogP contribution is -2.34. The number of benzene rings is 1. The van der Waals surface area contributed by atoms with Gasteiger partial charge >= 0.3 is 0 Å². The van der Waals surface area contributed by atoms with Gasteiger partial charge in [0.05, 0.1) is 0 Å².